The minimum atomic E-state index is -0.231. The van der Waals surface area contributed by atoms with E-state index in [1.165, 1.54) is 16.0 Å². The Morgan fingerprint density at radius 1 is 1.43 bits per heavy atom. The fourth-order valence-electron chi connectivity index (χ4n) is 1.83. The van der Waals surface area contributed by atoms with E-state index in [0.717, 1.165) is 5.69 Å². The van der Waals surface area contributed by atoms with Gasteiger partial charge in [0.05, 0.1) is 5.69 Å². The zero-order chi connectivity index (χ0) is 16.2. The summed E-state index contributed by atoms with van der Waals surface area (Å²) in [4.78, 5) is 16.4. The van der Waals surface area contributed by atoms with Crippen molar-refractivity contribution >= 4 is 22.4 Å². The molecule has 3 rings (SSSR count). The molecule has 3 aromatic rings. The number of thiazole rings is 1. The van der Waals surface area contributed by atoms with Crippen LogP contribution in [0.4, 0.5) is 5.13 Å². The van der Waals surface area contributed by atoms with E-state index < -0.39 is 0 Å². The van der Waals surface area contributed by atoms with Gasteiger partial charge in [-0.05, 0) is 35.5 Å². The number of anilines is 1. The molecule has 9 heteroatoms. The standard InChI is InChI=1S/C14H14N6O2S/c1-9-8-23-14(15-9)16-13(21)10-4-3-5-11(6-10)22-7-12-17-18-19-20(12)2/h3-6,8H,7H2,1-2H3,(H,15,16,21). The SMILES string of the molecule is Cc1csc(NC(=O)c2cccc(OCc3nnnn3C)c2)n1. The molecule has 0 saturated heterocycles. The van der Waals surface area contributed by atoms with E-state index in [4.69, 9.17) is 4.74 Å². The Kier molecular flexibility index (Phi) is 4.29. The molecule has 23 heavy (non-hydrogen) atoms. The maximum Gasteiger partial charge on any atom is 0.257 e. The van der Waals surface area contributed by atoms with Crippen LogP contribution in [0.15, 0.2) is 29.6 Å². The van der Waals surface area contributed by atoms with Crippen molar-refractivity contribution in [2.24, 2.45) is 7.05 Å². The summed E-state index contributed by atoms with van der Waals surface area (Å²) in [6.07, 6.45) is 0. The highest BCUT2D eigenvalue weighted by Gasteiger charge is 2.10. The summed E-state index contributed by atoms with van der Waals surface area (Å²) in [5.41, 5.74) is 1.37. The lowest BCUT2D eigenvalue weighted by Crippen LogP contribution is -2.12. The predicted octanol–water partition coefficient (Wildman–Crippen LogP) is 1.81. The molecule has 0 fully saturated rings. The van der Waals surface area contributed by atoms with Crippen molar-refractivity contribution in [3.63, 3.8) is 0 Å². The molecule has 2 heterocycles. The first kappa shape index (κ1) is 15.1. The zero-order valence-electron chi connectivity index (χ0n) is 12.6. The van der Waals surface area contributed by atoms with Crippen molar-refractivity contribution in [1.29, 1.82) is 0 Å². The number of tetrazole rings is 1. The summed E-state index contributed by atoms with van der Waals surface area (Å²) in [6.45, 7) is 2.10. The summed E-state index contributed by atoms with van der Waals surface area (Å²) in [5.74, 6) is 0.930. The van der Waals surface area contributed by atoms with Crippen molar-refractivity contribution in [2.75, 3.05) is 5.32 Å². The van der Waals surface area contributed by atoms with Gasteiger partial charge in [-0.3, -0.25) is 10.1 Å². The number of ether oxygens (including phenoxy) is 1. The average molecular weight is 330 g/mol. The van der Waals surface area contributed by atoms with E-state index in [2.05, 4.69) is 25.8 Å². The van der Waals surface area contributed by atoms with Crippen LogP contribution in [0, 0.1) is 6.92 Å². The molecule has 1 N–H and O–H groups in total. The van der Waals surface area contributed by atoms with Crippen molar-refractivity contribution in [2.45, 2.75) is 13.5 Å². The summed E-state index contributed by atoms with van der Waals surface area (Å²) < 4.78 is 7.15. The Morgan fingerprint density at radius 3 is 3.00 bits per heavy atom. The van der Waals surface area contributed by atoms with Crippen molar-refractivity contribution in [3.05, 3.63) is 46.7 Å². The molecule has 0 unspecified atom stereocenters. The van der Waals surface area contributed by atoms with Gasteiger partial charge in [0.15, 0.2) is 11.0 Å². The largest absolute Gasteiger partial charge is 0.486 e. The van der Waals surface area contributed by atoms with E-state index in [1.54, 1.807) is 31.3 Å². The number of hydrogen-bond donors (Lipinski definition) is 1. The smallest absolute Gasteiger partial charge is 0.257 e. The number of aromatic nitrogens is 5. The maximum atomic E-state index is 12.2. The molecule has 0 aliphatic heterocycles. The first-order chi connectivity index (χ1) is 11.1. The lowest BCUT2D eigenvalue weighted by atomic mass is 10.2. The number of carbonyl (C=O) groups excluding carboxylic acids is 1. The third-order valence-electron chi connectivity index (χ3n) is 3.01. The Hall–Kier alpha value is -2.81. The molecule has 1 amide bonds. The fraction of sp³-hybridized carbons (Fsp3) is 0.214. The zero-order valence-corrected chi connectivity index (χ0v) is 13.4. The first-order valence-corrected chi connectivity index (χ1v) is 7.67. The summed E-state index contributed by atoms with van der Waals surface area (Å²) >= 11 is 1.39. The summed E-state index contributed by atoms with van der Waals surface area (Å²) in [5, 5.41) is 16.3. The van der Waals surface area contributed by atoms with Gasteiger partial charge in [-0.2, -0.15) is 0 Å². The molecule has 0 atom stereocenters. The van der Waals surface area contributed by atoms with Crippen molar-refractivity contribution in [1.82, 2.24) is 25.2 Å². The van der Waals surface area contributed by atoms with E-state index in [1.807, 2.05) is 12.3 Å². The number of amides is 1. The quantitative estimate of drug-likeness (QED) is 0.766. The van der Waals surface area contributed by atoms with Gasteiger partial charge in [0.1, 0.15) is 12.4 Å². The Balaban J connectivity index is 1.67. The van der Waals surface area contributed by atoms with E-state index in [-0.39, 0.29) is 12.5 Å². The number of rotatable bonds is 5. The van der Waals surface area contributed by atoms with Gasteiger partial charge in [0.2, 0.25) is 0 Å². The first-order valence-electron chi connectivity index (χ1n) is 6.79. The second kappa shape index (κ2) is 6.53. The Bertz CT molecular complexity index is 828. The van der Waals surface area contributed by atoms with Gasteiger partial charge < -0.3 is 4.74 Å². The molecular formula is C14H14N6O2S. The highest BCUT2D eigenvalue weighted by atomic mass is 32.1. The van der Waals surface area contributed by atoms with Gasteiger partial charge >= 0.3 is 0 Å². The monoisotopic (exact) mass is 330 g/mol. The lowest BCUT2D eigenvalue weighted by molar-refractivity contribution is 0.102. The molecule has 8 nitrogen and oxygen atoms in total. The number of benzene rings is 1. The van der Waals surface area contributed by atoms with Crippen LogP contribution in [0.3, 0.4) is 0 Å². The van der Waals surface area contributed by atoms with E-state index >= 15 is 0 Å². The van der Waals surface area contributed by atoms with Gasteiger partial charge in [-0.15, -0.1) is 16.4 Å². The normalized spacial score (nSPS) is 10.5. The van der Waals surface area contributed by atoms with Gasteiger partial charge in [0.25, 0.3) is 5.91 Å². The predicted molar refractivity (Wildman–Crippen MR) is 84.4 cm³/mol. The second-order valence-corrected chi connectivity index (χ2v) is 5.64. The van der Waals surface area contributed by atoms with Crippen LogP contribution in [0.2, 0.25) is 0 Å². The summed E-state index contributed by atoms with van der Waals surface area (Å²) in [7, 11) is 1.73. The van der Waals surface area contributed by atoms with Crippen molar-refractivity contribution in [3.8, 4) is 5.75 Å². The lowest BCUT2D eigenvalue weighted by Gasteiger charge is -2.07. The maximum absolute atomic E-state index is 12.2. The molecule has 0 aliphatic rings. The van der Waals surface area contributed by atoms with Crippen LogP contribution in [-0.4, -0.2) is 31.1 Å². The second-order valence-electron chi connectivity index (χ2n) is 4.78. The number of hydrogen-bond acceptors (Lipinski definition) is 7. The molecule has 0 aliphatic carbocycles. The minimum absolute atomic E-state index is 0.222. The topological polar surface area (TPSA) is 94.8 Å². The highest BCUT2D eigenvalue weighted by Crippen LogP contribution is 2.18. The molecule has 0 saturated carbocycles. The van der Waals surface area contributed by atoms with Crippen LogP contribution in [-0.2, 0) is 13.7 Å². The number of nitrogens with zero attached hydrogens (tertiary/aromatic N) is 5. The van der Waals surface area contributed by atoms with Crippen LogP contribution in [0.5, 0.6) is 5.75 Å². The van der Waals surface area contributed by atoms with Crippen LogP contribution >= 0.6 is 11.3 Å². The van der Waals surface area contributed by atoms with Crippen molar-refractivity contribution < 1.29 is 9.53 Å². The Morgan fingerprint density at radius 2 is 2.30 bits per heavy atom. The summed E-state index contributed by atoms with van der Waals surface area (Å²) in [6, 6.07) is 6.91. The van der Waals surface area contributed by atoms with Gasteiger partial charge in [-0.25, -0.2) is 9.67 Å². The molecule has 0 radical (unpaired) electrons. The number of aryl methyl sites for hydroxylation is 2. The molecular weight excluding hydrogens is 316 g/mol. The molecule has 118 valence electrons. The molecule has 1 aromatic carbocycles. The van der Waals surface area contributed by atoms with E-state index in [0.29, 0.717) is 22.3 Å². The van der Waals surface area contributed by atoms with Crippen LogP contribution in [0.1, 0.15) is 21.9 Å². The molecule has 0 spiro atoms. The minimum Gasteiger partial charge on any atom is -0.486 e. The average Bonchev–Trinajstić information content (AvgIpc) is 3.14. The third-order valence-corrected chi connectivity index (χ3v) is 3.89. The van der Waals surface area contributed by atoms with Crippen LogP contribution in [0.25, 0.3) is 0 Å². The Labute approximate surface area is 136 Å². The third kappa shape index (κ3) is 3.69. The van der Waals surface area contributed by atoms with Crippen LogP contribution < -0.4 is 10.1 Å². The van der Waals surface area contributed by atoms with Gasteiger partial charge in [0, 0.05) is 18.0 Å². The molecule has 0 bridgehead atoms. The number of carbonyl (C=O) groups is 1. The van der Waals surface area contributed by atoms with E-state index in [9.17, 15) is 4.79 Å². The fourth-order valence-corrected chi connectivity index (χ4v) is 2.51. The van der Waals surface area contributed by atoms with Gasteiger partial charge in [-0.1, -0.05) is 6.07 Å². The molecule has 2 aromatic heterocycles. The number of nitrogens with one attached hydrogen (secondary N) is 1. The highest BCUT2D eigenvalue weighted by molar-refractivity contribution is 7.13.